The predicted octanol–water partition coefficient (Wildman–Crippen LogP) is 2.99. The van der Waals surface area contributed by atoms with Crippen LogP contribution in [0, 0.1) is 0 Å². The van der Waals surface area contributed by atoms with Crippen molar-refractivity contribution in [2.75, 3.05) is 19.0 Å². The molecule has 106 valence electrons. The van der Waals surface area contributed by atoms with E-state index in [0.29, 0.717) is 18.8 Å². The number of hydrogen-bond donors (Lipinski definition) is 1. The number of rotatable bonds is 6. The zero-order chi connectivity index (χ0) is 13.5. The summed E-state index contributed by atoms with van der Waals surface area (Å²) in [6.45, 7) is 3.61. The number of hydrogen-bond acceptors (Lipinski definition) is 4. The zero-order valence-electron chi connectivity index (χ0n) is 11.9. The van der Waals surface area contributed by atoms with Crippen LogP contribution in [0.2, 0.25) is 0 Å². The Hall–Kier alpha value is -1.13. The first kappa shape index (κ1) is 14.3. The van der Waals surface area contributed by atoms with Crippen molar-refractivity contribution in [2.24, 2.45) is 0 Å². The molecule has 1 heterocycles. The van der Waals surface area contributed by atoms with Crippen LogP contribution < -0.4 is 5.32 Å². The van der Waals surface area contributed by atoms with E-state index in [2.05, 4.69) is 23.3 Å². The quantitative estimate of drug-likeness (QED) is 0.858. The van der Waals surface area contributed by atoms with Crippen LogP contribution in [0.25, 0.3) is 0 Å². The third kappa shape index (κ3) is 4.48. The van der Waals surface area contributed by atoms with E-state index in [-0.39, 0.29) is 0 Å². The van der Waals surface area contributed by atoms with Gasteiger partial charge in [0.25, 0.3) is 0 Å². The van der Waals surface area contributed by atoms with Gasteiger partial charge in [-0.2, -0.15) is 0 Å². The van der Waals surface area contributed by atoms with Gasteiger partial charge in [-0.3, -0.25) is 0 Å². The van der Waals surface area contributed by atoms with Crippen LogP contribution in [0.15, 0.2) is 18.3 Å². The molecule has 1 aliphatic rings. The summed E-state index contributed by atoms with van der Waals surface area (Å²) in [7, 11) is 1.79. The van der Waals surface area contributed by atoms with Crippen molar-refractivity contribution in [3.05, 3.63) is 23.9 Å². The molecule has 0 bridgehead atoms. The SMILES string of the molecule is CCNc1cc(COC2CCCC(OC)C2)ccn1. The molecule has 1 aliphatic carbocycles. The average molecular weight is 264 g/mol. The number of anilines is 1. The Morgan fingerprint density at radius 2 is 2.21 bits per heavy atom. The van der Waals surface area contributed by atoms with Gasteiger partial charge < -0.3 is 14.8 Å². The molecule has 2 unspecified atom stereocenters. The Morgan fingerprint density at radius 3 is 3.00 bits per heavy atom. The van der Waals surface area contributed by atoms with Gasteiger partial charge in [-0.15, -0.1) is 0 Å². The number of pyridine rings is 1. The van der Waals surface area contributed by atoms with Crippen LogP contribution in [0.3, 0.4) is 0 Å². The standard InChI is InChI=1S/C15H24N2O2/c1-3-16-15-9-12(7-8-17-15)11-19-14-6-4-5-13(10-14)18-2/h7-9,13-14H,3-6,10-11H2,1-2H3,(H,16,17). The first-order chi connectivity index (χ1) is 9.31. The van der Waals surface area contributed by atoms with Crippen molar-refractivity contribution in [1.29, 1.82) is 0 Å². The number of aromatic nitrogens is 1. The molecule has 1 aromatic heterocycles. The smallest absolute Gasteiger partial charge is 0.126 e. The highest BCUT2D eigenvalue weighted by Gasteiger charge is 2.22. The van der Waals surface area contributed by atoms with Gasteiger partial charge in [0.1, 0.15) is 5.82 Å². The van der Waals surface area contributed by atoms with Crippen LogP contribution in [-0.4, -0.2) is 30.8 Å². The maximum atomic E-state index is 6.00. The summed E-state index contributed by atoms with van der Waals surface area (Å²) in [6.07, 6.45) is 7.04. The van der Waals surface area contributed by atoms with E-state index in [9.17, 15) is 0 Å². The van der Waals surface area contributed by atoms with Gasteiger partial charge in [-0.05, 0) is 50.3 Å². The minimum absolute atomic E-state index is 0.328. The lowest BCUT2D eigenvalue weighted by molar-refractivity contribution is -0.0363. The van der Waals surface area contributed by atoms with Gasteiger partial charge in [0.2, 0.25) is 0 Å². The number of ether oxygens (including phenoxy) is 2. The lowest BCUT2D eigenvalue weighted by Gasteiger charge is -2.28. The molecule has 4 nitrogen and oxygen atoms in total. The summed E-state index contributed by atoms with van der Waals surface area (Å²) in [6, 6.07) is 4.07. The minimum atomic E-state index is 0.328. The first-order valence-corrected chi connectivity index (χ1v) is 7.15. The van der Waals surface area contributed by atoms with Gasteiger partial charge in [0.05, 0.1) is 18.8 Å². The lowest BCUT2D eigenvalue weighted by atomic mass is 9.95. The maximum Gasteiger partial charge on any atom is 0.126 e. The van der Waals surface area contributed by atoms with Gasteiger partial charge in [0.15, 0.2) is 0 Å². The van der Waals surface area contributed by atoms with E-state index >= 15 is 0 Å². The molecule has 2 atom stereocenters. The van der Waals surface area contributed by atoms with E-state index < -0.39 is 0 Å². The normalized spacial score (nSPS) is 23.3. The van der Waals surface area contributed by atoms with Crippen LogP contribution >= 0.6 is 0 Å². The van der Waals surface area contributed by atoms with Crippen molar-refractivity contribution in [2.45, 2.75) is 51.4 Å². The molecule has 4 heteroatoms. The molecule has 1 saturated carbocycles. The predicted molar refractivity (Wildman–Crippen MR) is 76.2 cm³/mol. The summed E-state index contributed by atoms with van der Waals surface area (Å²) in [4.78, 5) is 4.26. The van der Waals surface area contributed by atoms with E-state index in [1.165, 1.54) is 12.0 Å². The summed E-state index contributed by atoms with van der Waals surface area (Å²) in [5, 5.41) is 3.22. The van der Waals surface area contributed by atoms with Gasteiger partial charge in [-0.25, -0.2) is 4.98 Å². The molecule has 0 amide bonds. The average Bonchev–Trinajstić information content (AvgIpc) is 2.46. The molecule has 1 fully saturated rings. The molecule has 1 N–H and O–H groups in total. The largest absolute Gasteiger partial charge is 0.381 e. The van der Waals surface area contributed by atoms with Crippen molar-refractivity contribution < 1.29 is 9.47 Å². The highest BCUT2D eigenvalue weighted by molar-refractivity contribution is 5.36. The maximum absolute atomic E-state index is 6.00. The van der Waals surface area contributed by atoms with Crippen molar-refractivity contribution in [3.8, 4) is 0 Å². The second-order valence-electron chi connectivity index (χ2n) is 5.04. The molecule has 0 saturated heterocycles. The molecule has 2 rings (SSSR count). The summed E-state index contributed by atoms with van der Waals surface area (Å²) >= 11 is 0. The van der Waals surface area contributed by atoms with E-state index in [1.807, 2.05) is 12.3 Å². The van der Waals surface area contributed by atoms with Gasteiger partial charge in [0, 0.05) is 19.9 Å². The van der Waals surface area contributed by atoms with Crippen molar-refractivity contribution >= 4 is 5.82 Å². The highest BCUT2D eigenvalue weighted by atomic mass is 16.5. The molecule has 1 aromatic rings. The minimum Gasteiger partial charge on any atom is -0.381 e. The molecule has 19 heavy (non-hydrogen) atoms. The van der Waals surface area contributed by atoms with Crippen molar-refractivity contribution in [1.82, 2.24) is 4.98 Å². The van der Waals surface area contributed by atoms with Gasteiger partial charge >= 0.3 is 0 Å². The molecular weight excluding hydrogens is 240 g/mol. The highest BCUT2D eigenvalue weighted by Crippen LogP contribution is 2.24. The Labute approximate surface area is 115 Å². The Morgan fingerprint density at radius 1 is 1.37 bits per heavy atom. The summed E-state index contributed by atoms with van der Waals surface area (Å²) in [5.74, 6) is 0.919. The molecule has 0 radical (unpaired) electrons. The molecule has 0 aromatic carbocycles. The topological polar surface area (TPSA) is 43.4 Å². The van der Waals surface area contributed by atoms with Gasteiger partial charge in [-0.1, -0.05) is 0 Å². The second kappa shape index (κ2) is 7.46. The lowest BCUT2D eigenvalue weighted by Crippen LogP contribution is -2.27. The van der Waals surface area contributed by atoms with E-state index in [4.69, 9.17) is 9.47 Å². The van der Waals surface area contributed by atoms with Crippen molar-refractivity contribution in [3.63, 3.8) is 0 Å². The number of methoxy groups -OCH3 is 1. The first-order valence-electron chi connectivity index (χ1n) is 7.15. The van der Waals surface area contributed by atoms with Crippen LogP contribution in [-0.2, 0) is 16.1 Å². The fourth-order valence-electron chi connectivity index (χ4n) is 2.52. The van der Waals surface area contributed by atoms with Crippen LogP contribution in [0.5, 0.6) is 0 Å². The Kier molecular flexibility index (Phi) is 5.61. The fraction of sp³-hybridized carbons (Fsp3) is 0.667. The Balaban J connectivity index is 1.82. The van der Waals surface area contributed by atoms with Crippen LogP contribution in [0.4, 0.5) is 5.82 Å². The number of nitrogens with one attached hydrogen (secondary N) is 1. The number of nitrogens with zero attached hydrogens (tertiary/aromatic N) is 1. The molecule has 0 aliphatic heterocycles. The molecular formula is C15H24N2O2. The Bertz CT molecular complexity index is 384. The van der Waals surface area contributed by atoms with E-state index in [1.54, 1.807) is 7.11 Å². The molecule has 0 spiro atoms. The third-order valence-corrected chi connectivity index (χ3v) is 3.58. The second-order valence-corrected chi connectivity index (χ2v) is 5.04. The monoisotopic (exact) mass is 264 g/mol. The zero-order valence-corrected chi connectivity index (χ0v) is 11.9. The third-order valence-electron chi connectivity index (χ3n) is 3.58. The van der Waals surface area contributed by atoms with Crippen LogP contribution in [0.1, 0.15) is 38.2 Å². The summed E-state index contributed by atoms with van der Waals surface area (Å²) in [5.41, 5.74) is 1.17. The fourth-order valence-corrected chi connectivity index (χ4v) is 2.52. The summed E-state index contributed by atoms with van der Waals surface area (Å²) < 4.78 is 11.4. The van der Waals surface area contributed by atoms with E-state index in [0.717, 1.165) is 31.6 Å².